The molecule has 0 spiro atoms. The zero-order valence-corrected chi connectivity index (χ0v) is 11.7. The minimum atomic E-state index is 0.172. The number of rotatable bonds is 1. The van der Waals surface area contributed by atoms with Crippen LogP contribution in [0.2, 0.25) is 0 Å². The maximum Gasteiger partial charge on any atom is 0.264 e. The first-order valence-corrected chi connectivity index (χ1v) is 7.06. The van der Waals surface area contributed by atoms with E-state index in [0.29, 0.717) is 0 Å². The van der Waals surface area contributed by atoms with Gasteiger partial charge >= 0.3 is 0 Å². The molecule has 2 heterocycles. The second-order valence-electron chi connectivity index (χ2n) is 4.08. The number of halogens is 1. The van der Waals surface area contributed by atoms with Crippen LogP contribution in [0.3, 0.4) is 0 Å². The Balaban J connectivity index is 2.04. The highest BCUT2D eigenvalue weighted by molar-refractivity contribution is 9.10. The van der Waals surface area contributed by atoms with Gasteiger partial charge < -0.3 is 9.80 Å². The van der Waals surface area contributed by atoms with Crippen molar-refractivity contribution in [1.29, 1.82) is 0 Å². The first kappa shape index (κ1) is 12.1. The van der Waals surface area contributed by atoms with Crippen molar-refractivity contribution in [3.63, 3.8) is 0 Å². The molecular weight excluding hydrogens is 288 g/mol. The molecule has 1 fully saturated rings. The van der Waals surface area contributed by atoms with Gasteiger partial charge in [-0.25, -0.2) is 0 Å². The predicted octanol–water partition coefficient (Wildman–Crippen LogP) is 2.29. The van der Waals surface area contributed by atoms with E-state index in [1.54, 1.807) is 0 Å². The zero-order valence-electron chi connectivity index (χ0n) is 9.28. The highest BCUT2D eigenvalue weighted by Gasteiger charge is 2.19. The quantitative estimate of drug-likeness (QED) is 0.795. The lowest BCUT2D eigenvalue weighted by Crippen LogP contribution is -2.34. The van der Waals surface area contributed by atoms with E-state index in [-0.39, 0.29) is 5.91 Å². The smallest absolute Gasteiger partial charge is 0.264 e. The lowest BCUT2D eigenvalue weighted by molar-refractivity contribution is 0.0767. The third-order valence-electron chi connectivity index (χ3n) is 2.78. The molecule has 3 nitrogen and oxygen atoms in total. The van der Waals surface area contributed by atoms with Crippen LogP contribution >= 0.6 is 27.3 Å². The minimum Gasteiger partial charge on any atom is -0.337 e. The summed E-state index contributed by atoms with van der Waals surface area (Å²) in [5.74, 6) is 0.172. The van der Waals surface area contributed by atoms with E-state index in [1.165, 1.54) is 11.3 Å². The van der Waals surface area contributed by atoms with Crippen molar-refractivity contribution in [3.8, 4) is 0 Å². The molecule has 1 saturated heterocycles. The summed E-state index contributed by atoms with van der Waals surface area (Å²) in [6.45, 7) is 3.76. The summed E-state index contributed by atoms with van der Waals surface area (Å²) in [6.07, 6.45) is 1.06. The summed E-state index contributed by atoms with van der Waals surface area (Å²) >= 11 is 4.89. The average Bonchev–Trinajstić information content (AvgIpc) is 2.57. The van der Waals surface area contributed by atoms with Gasteiger partial charge in [-0.3, -0.25) is 4.79 Å². The highest BCUT2D eigenvalue weighted by Crippen LogP contribution is 2.21. The van der Waals surface area contributed by atoms with E-state index >= 15 is 0 Å². The monoisotopic (exact) mass is 302 g/mol. The van der Waals surface area contributed by atoms with Crippen LogP contribution in [0.1, 0.15) is 16.1 Å². The van der Waals surface area contributed by atoms with Crippen LogP contribution < -0.4 is 0 Å². The van der Waals surface area contributed by atoms with Gasteiger partial charge in [0.15, 0.2) is 0 Å². The van der Waals surface area contributed by atoms with Gasteiger partial charge in [0.25, 0.3) is 5.91 Å². The van der Waals surface area contributed by atoms with E-state index in [9.17, 15) is 4.79 Å². The molecule has 0 aromatic carbocycles. The number of hydrogen-bond acceptors (Lipinski definition) is 3. The van der Waals surface area contributed by atoms with Crippen molar-refractivity contribution in [2.45, 2.75) is 6.42 Å². The lowest BCUT2D eigenvalue weighted by atomic mass is 10.3. The summed E-state index contributed by atoms with van der Waals surface area (Å²) in [5, 5.41) is 1.96. The standard InChI is InChI=1S/C11H15BrN2OS/c1-13-3-2-4-14(6-5-13)11(15)10-7-9(12)8-16-10/h7-8H,2-6H2,1H3. The molecule has 0 saturated carbocycles. The second kappa shape index (κ2) is 5.29. The third-order valence-corrected chi connectivity index (χ3v) is 4.46. The van der Waals surface area contributed by atoms with E-state index in [0.717, 1.165) is 41.9 Å². The molecule has 0 radical (unpaired) electrons. The number of nitrogens with zero attached hydrogens (tertiary/aromatic N) is 2. The first-order chi connectivity index (χ1) is 7.66. The van der Waals surface area contributed by atoms with Crippen molar-refractivity contribution in [2.75, 3.05) is 33.2 Å². The SMILES string of the molecule is CN1CCCN(C(=O)c2cc(Br)cs2)CC1. The molecule has 16 heavy (non-hydrogen) atoms. The number of likely N-dealkylation sites (N-methyl/N-ethyl adjacent to an activating group) is 1. The van der Waals surface area contributed by atoms with Crippen molar-refractivity contribution in [1.82, 2.24) is 9.80 Å². The maximum atomic E-state index is 12.2. The molecule has 0 bridgehead atoms. The topological polar surface area (TPSA) is 23.6 Å². The van der Waals surface area contributed by atoms with Gasteiger partial charge in [-0.1, -0.05) is 0 Å². The van der Waals surface area contributed by atoms with Gasteiger partial charge in [0, 0.05) is 29.5 Å². The predicted molar refractivity (Wildman–Crippen MR) is 70.0 cm³/mol. The van der Waals surface area contributed by atoms with Crippen molar-refractivity contribution in [3.05, 3.63) is 20.8 Å². The van der Waals surface area contributed by atoms with E-state index < -0.39 is 0 Å². The molecule has 0 unspecified atom stereocenters. The molecule has 0 aliphatic carbocycles. The van der Waals surface area contributed by atoms with Crippen molar-refractivity contribution in [2.24, 2.45) is 0 Å². The van der Waals surface area contributed by atoms with Crippen LogP contribution in [0, 0.1) is 0 Å². The Labute approximate surface area is 108 Å². The molecule has 0 N–H and O–H groups in total. The Morgan fingerprint density at radius 2 is 2.19 bits per heavy atom. The normalized spacial score (nSPS) is 18.5. The third kappa shape index (κ3) is 2.84. The van der Waals surface area contributed by atoms with Gasteiger partial charge in [0.05, 0.1) is 4.88 Å². The average molecular weight is 303 g/mol. The molecule has 1 amide bonds. The fourth-order valence-corrected chi connectivity index (χ4v) is 3.22. The zero-order chi connectivity index (χ0) is 11.5. The highest BCUT2D eigenvalue weighted by atomic mass is 79.9. The number of carbonyl (C=O) groups is 1. The van der Waals surface area contributed by atoms with E-state index in [4.69, 9.17) is 0 Å². The van der Waals surface area contributed by atoms with Gasteiger partial charge in [-0.15, -0.1) is 11.3 Å². The van der Waals surface area contributed by atoms with Crippen LogP contribution in [0.4, 0.5) is 0 Å². The fraction of sp³-hybridized carbons (Fsp3) is 0.545. The minimum absolute atomic E-state index is 0.172. The van der Waals surface area contributed by atoms with Crippen LogP contribution in [-0.4, -0.2) is 48.9 Å². The number of hydrogen-bond donors (Lipinski definition) is 0. The summed E-state index contributed by atoms with van der Waals surface area (Å²) in [5.41, 5.74) is 0. The van der Waals surface area contributed by atoms with Gasteiger partial charge in [0.2, 0.25) is 0 Å². The summed E-state index contributed by atoms with van der Waals surface area (Å²) in [7, 11) is 2.11. The Bertz CT molecular complexity index is 380. The van der Waals surface area contributed by atoms with Gasteiger partial charge in [-0.05, 0) is 42.0 Å². The Morgan fingerprint density at radius 1 is 1.38 bits per heavy atom. The largest absolute Gasteiger partial charge is 0.337 e. The summed E-state index contributed by atoms with van der Waals surface area (Å²) < 4.78 is 0.993. The molecule has 2 rings (SSSR count). The fourth-order valence-electron chi connectivity index (χ4n) is 1.83. The van der Waals surface area contributed by atoms with E-state index in [1.807, 2.05) is 16.3 Å². The first-order valence-electron chi connectivity index (χ1n) is 5.38. The number of carbonyl (C=O) groups excluding carboxylic acids is 1. The molecule has 5 heteroatoms. The Kier molecular flexibility index (Phi) is 4.00. The van der Waals surface area contributed by atoms with Gasteiger partial charge in [-0.2, -0.15) is 0 Å². The second-order valence-corrected chi connectivity index (χ2v) is 5.91. The van der Waals surface area contributed by atoms with Crippen molar-refractivity contribution >= 4 is 33.2 Å². The Morgan fingerprint density at radius 3 is 2.88 bits per heavy atom. The van der Waals surface area contributed by atoms with E-state index in [2.05, 4.69) is 27.9 Å². The van der Waals surface area contributed by atoms with Crippen molar-refractivity contribution < 1.29 is 4.79 Å². The van der Waals surface area contributed by atoms with Crippen LogP contribution in [-0.2, 0) is 0 Å². The number of thiophene rings is 1. The molecule has 88 valence electrons. The Hall–Kier alpha value is -0.390. The molecule has 0 atom stereocenters. The van der Waals surface area contributed by atoms with Gasteiger partial charge in [0.1, 0.15) is 0 Å². The molecule has 1 aromatic rings. The maximum absolute atomic E-state index is 12.2. The molecule has 1 aliphatic heterocycles. The molecule has 1 aromatic heterocycles. The summed E-state index contributed by atoms with van der Waals surface area (Å²) in [4.78, 5) is 17.2. The van der Waals surface area contributed by atoms with Crippen LogP contribution in [0.25, 0.3) is 0 Å². The molecule has 1 aliphatic rings. The number of amides is 1. The summed E-state index contributed by atoms with van der Waals surface area (Å²) in [6, 6.07) is 1.90. The lowest BCUT2D eigenvalue weighted by Gasteiger charge is -2.19. The van der Waals surface area contributed by atoms with Crippen LogP contribution in [0.5, 0.6) is 0 Å². The molecular formula is C11H15BrN2OS. The van der Waals surface area contributed by atoms with Crippen LogP contribution in [0.15, 0.2) is 15.9 Å².